The molecule has 4 aromatic rings. The summed E-state index contributed by atoms with van der Waals surface area (Å²) in [6, 6.07) is 17.8. The molecule has 0 saturated carbocycles. The summed E-state index contributed by atoms with van der Waals surface area (Å²) in [6.07, 6.45) is 11.0. The summed E-state index contributed by atoms with van der Waals surface area (Å²) in [5.74, 6) is 0.631. The molecule has 0 aliphatic rings. The van der Waals surface area contributed by atoms with Gasteiger partial charge in [0.1, 0.15) is 5.75 Å². The maximum Gasteiger partial charge on any atom is 0.194 e. The summed E-state index contributed by atoms with van der Waals surface area (Å²) in [7, 11) is 1.64. The highest BCUT2D eigenvalue weighted by atomic mass is 32.1. The van der Waals surface area contributed by atoms with E-state index in [1.165, 1.54) is 0 Å². The van der Waals surface area contributed by atoms with E-state index < -0.39 is 0 Å². The lowest BCUT2D eigenvalue weighted by Gasteiger charge is -2.03. The molecule has 0 aliphatic carbocycles. The van der Waals surface area contributed by atoms with Gasteiger partial charge in [-0.1, -0.05) is 55.1 Å². The van der Waals surface area contributed by atoms with Crippen LogP contribution in [0.25, 0.3) is 27.9 Å². The Hall–Kier alpha value is -3.96. The molecule has 0 aliphatic heterocycles. The Morgan fingerprint density at radius 2 is 1.82 bits per heavy atom. The number of allylic oxidation sites excluding steroid dienone is 6. The fraction of sp³-hybridized carbons (Fsp3) is 0.0714. The van der Waals surface area contributed by atoms with E-state index in [0.29, 0.717) is 5.57 Å². The highest BCUT2D eigenvalue weighted by Gasteiger charge is 2.13. The molecule has 0 atom stereocenters. The van der Waals surface area contributed by atoms with Crippen molar-refractivity contribution in [2.75, 3.05) is 7.11 Å². The van der Waals surface area contributed by atoms with E-state index in [1.807, 2.05) is 89.7 Å². The van der Waals surface area contributed by atoms with Crippen LogP contribution in [0.1, 0.15) is 18.2 Å². The van der Waals surface area contributed by atoms with E-state index in [4.69, 9.17) is 9.72 Å². The van der Waals surface area contributed by atoms with Crippen LogP contribution in [0.3, 0.4) is 0 Å². The van der Waals surface area contributed by atoms with Gasteiger partial charge in [0.05, 0.1) is 18.5 Å². The van der Waals surface area contributed by atoms with Crippen LogP contribution in [0.5, 0.6) is 5.75 Å². The van der Waals surface area contributed by atoms with Crippen LogP contribution in [0.4, 0.5) is 0 Å². The maximum atomic E-state index is 12.8. The van der Waals surface area contributed by atoms with E-state index in [-0.39, 0.29) is 5.78 Å². The predicted molar refractivity (Wildman–Crippen MR) is 137 cm³/mol. The Labute approximate surface area is 197 Å². The molecule has 2 aromatic carbocycles. The van der Waals surface area contributed by atoms with Gasteiger partial charge in [-0.2, -0.15) is 0 Å². The minimum atomic E-state index is -0.152. The molecule has 0 radical (unpaired) electrons. The van der Waals surface area contributed by atoms with Gasteiger partial charge >= 0.3 is 0 Å². The summed E-state index contributed by atoms with van der Waals surface area (Å²) in [5, 5.41) is 1.98. The first kappa shape index (κ1) is 22.2. The Bertz CT molecular complexity index is 1370. The number of benzene rings is 2. The van der Waals surface area contributed by atoms with Crippen LogP contribution in [-0.2, 0) is 4.79 Å². The number of thiazole rings is 1. The van der Waals surface area contributed by atoms with E-state index >= 15 is 0 Å². The van der Waals surface area contributed by atoms with Gasteiger partial charge in [-0.15, -0.1) is 11.3 Å². The summed E-state index contributed by atoms with van der Waals surface area (Å²) in [6.45, 7) is 5.93. The number of methoxy groups -OCH3 is 1. The zero-order valence-electron chi connectivity index (χ0n) is 18.6. The Morgan fingerprint density at radius 3 is 2.52 bits per heavy atom. The van der Waals surface area contributed by atoms with Crippen LogP contribution in [0.2, 0.25) is 0 Å². The molecule has 0 N–H and O–H groups in total. The van der Waals surface area contributed by atoms with Gasteiger partial charge in [0, 0.05) is 22.7 Å². The van der Waals surface area contributed by atoms with Gasteiger partial charge in [-0.05, 0) is 54.5 Å². The van der Waals surface area contributed by atoms with Crippen molar-refractivity contribution in [3.05, 3.63) is 114 Å². The second-order valence-electron chi connectivity index (χ2n) is 7.30. The minimum absolute atomic E-state index is 0.152. The van der Waals surface area contributed by atoms with Crippen LogP contribution in [0.15, 0.2) is 103 Å². The van der Waals surface area contributed by atoms with Gasteiger partial charge in [0.2, 0.25) is 0 Å². The lowest BCUT2D eigenvalue weighted by Crippen LogP contribution is -1.95. The van der Waals surface area contributed by atoms with Crippen molar-refractivity contribution in [2.45, 2.75) is 6.92 Å². The van der Waals surface area contributed by atoms with Crippen molar-refractivity contribution in [1.82, 2.24) is 9.38 Å². The molecule has 0 spiro atoms. The second kappa shape index (κ2) is 10.1. The van der Waals surface area contributed by atoms with Gasteiger partial charge < -0.3 is 4.74 Å². The lowest BCUT2D eigenvalue weighted by atomic mass is 10.0. The zero-order chi connectivity index (χ0) is 23.2. The summed E-state index contributed by atoms with van der Waals surface area (Å²) in [5.41, 5.74) is 5.16. The van der Waals surface area contributed by atoms with Crippen molar-refractivity contribution in [3.63, 3.8) is 0 Å². The lowest BCUT2D eigenvalue weighted by molar-refractivity contribution is -0.111. The molecule has 33 heavy (non-hydrogen) atoms. The second-order valence-corrected chi connectivity index (χ2v) is 8.17. The summed E-state index contributed by atoms with van der Waals surface area (Å²) >= 11 is 1.55. The first-order valence-electron chi connectivity index (χ1n) is 10.5. The van der Waals surface area contributed by atoms with Crippen molar-refractivity contribution in [3.8, 4) is 17.0 Å². The molecule has 164 valence electrons. The number of rotatable bonds is 8. The number of nitrogens with zero attached hydrogens (tertiary/aromatic N) is 2. The standard InChI is InChI=1S/C28H24N2O2S/c1-4-21(22-8-6-5-7-9-22)11-10-20(2)26(31)17-16-25-27(29-28-30(25)18-19-33-28)23-12-14-24(32-3)15-13-23/h4-19H,2H2,1,3H3/b11-10-,17-16+,21-4+. The molecule has 2 aromatic heterocycles. The third kappa shape index (κ3) is 4.94. The van der Waals surface area contributed by atoms with Crippen molar-refractivity contribution >= 4 is 33.7 Å². The Balaban J connectivity index is 1.57. The molecule has 0 unspecified atom stereocenters. The van der Waals surface area contributed by atoms with E-state index in [1.54, 1.807) is 36.7 Å². The maximum absolute atomic E-state index is 12.8. The van der Waals surface area contributed by atoms with Crippen LogP contribution in [-0.4, -0.2) is 22.3 Å². The number of carbonyl (C=O) groups is 1. The van der Waals surface area contributed by atoms with Crippen molar-refractivity contribution < 1.29 is 9.53 Å². The number of aromatic nitrogens is 2. The number of ketones is 1. The van der Waals surface area contributed by atoms with Crippen LogP contribution in [0, 0.1) is 0 Å². The number of imidazole rings is 1. The van der Waals surface area contributed by atoms with E-state index in [0.717, 1.165) is 38.8 Å². The van der Waals surface area contributed by atoms with Gasteiger partial charge in [-0.25, -0.2) is 4.98 Å². The van der Waals surface area contributed by atoms with Crippen molar-refractivity contribution in [2.24, 2.45) is 0 Å². The van der Waals surface area contributed by atoms with Crippen LogP contribution >= 0.6 is 11.3 Å². The monoisotopic (exact) mass is 452 g/mol. The highest BCUT2D eigenvalue weighted by Crippen LogP contribution is 2.29. The van der Waals surface area contributed by atoms with Crippen LogP contribution < -0.4 is 4.74 Å². The predicted octanol–water partition coefficient (Wildman–Crippen LogP) is 6.87. The normalized spacial score (nSPS) is 12.1. The first-order chi connectivity index (χ1) is 16.1. The highest BCUT2D eigenvalue weighted by molar-refractivity contribution is 7.15. The molecular formula is C28H24N2O2S. The molecule has 0 fully saturated rings. The average molecular weight is 453 g/mol. The quantitative estimate of drug-likeness (QED) is 0.216. The number of hydrogen-bond donors (Lipinski definition) is 0. The number of ether oxygens (including phenoxy) is 1. The number of fused-ring (bicyclic) bond motifs is 1. The largest absolute Gasteiger partial charge is 0.497 e. The smallest absolute Gasteiger partial charge is 0.194 e. The van der Waals surface area contributed by atoms with Gasteiger partial charge in [0.15, 0.2) is 10.7 Å². The molecule has 4 nitrogen and oxygen atoms in total. The van der Waals surface area contributed by atoms with E-state index in [9.17, 15) is 4.79 Å². The SMILES string of the molecule is C=C(/C=C\C(=C/C)c1ccccc1)C(=O)/C=C/c1c(-c2ccc(OC)cc2)nc2sccn12. The molecule has 0 amide bonds. The minimum Gasteiger partial charge on any atom is -0.497 e. The third-order valence-corrected chi connectivity index (χ3v) is 6.01. The molecule has 5 heteroatoms. The zero-order valence-corrected chi connectivity index (χ0v) is 19.4. The molecule has 2 heterocycles. The average Bonchev–Trinajstić information content (AvgIpc) is 3.45. The fourth-order valence-corrected chi connectivity index (χ4v) is 4.17. The summed E-state index contributed by atoms with van der Waals surface area (Å²) < 4.78 is 7.24. The van der Waals surface area contributed by atoms with E-state index in [2.05, 4.69) is 6.58 Å². The Kier molecular flexibility index (Phi) is 6.81. The summed E-state index contributed by atoms with van der Waals surface area (Å²) in [4.78, 5) is 18.4. The van der Waals surface area contributed by atoms with Crippen molar-refractivity contribution in [1.29, 1.82) is 0 Å². The number of hydrogen-bond acceptors (Lipinski definition) is 4. The topological polar surface area (TPSA) is 43.6 Å². The third-order valence-electron chi connectivity index (χ3n) is 5.25. The molecule has 0 saturated heterocycles. The first-order valence-corrected chi connectivity index (χ1v) is 11.4. The van der Waals surface area contributed by atoms with Gasteiger partial charge in [0.25, 0.3) is 0 Å². The Morgan fingerprint density at radius 1 is 1.06 bits per heavy atom. The number of carbonyl (C=O) groups excluding carboxylic acids is 1. The van der Waals surface area contributed by atoms with Gasteiger partial charge in [-0.3, -0.25) is 9.20 Å². The molecular weight excluding hydrogens is 428 g/mol. The molecule has 4 rings (SSSR count). The molecule has 0 bridgehead atoms. The fourth-order valence-electron chi connectivity index (χ4n) is 3.45.